The van der Waals surface area contributed by atoms with Crippen LogP contribution in [0.15, 0.2) is 133 Å². The quantitative estimate of drug-likeness (QED) is 0.227. The molecule has 0 amide bonds. The number of nitrogens with zero attached hydrogens (tertiary/aromatic N) is 3. The van der Waals surface area contributed by atoms with Crippen LogP contribution in [0.25, 0.3) is 66.8 Å². The number of aryl methyl sites for hydroxylation is 1. The molecule has 0 saturated heterocycles. The monoisotopic (exact) mass is 499 g/mol. The van der Waals surface area contributed by atoms with Crippen LogP contribution in [0.5, 0.6) is 0 Å². The van der Waals surface area contributed by atoms with Crippen molar-refractivity contribution in [2.45, 2.75) is 6.92 Å². The van der Waals surface area contributed by atoms with E-state index in [0.717, 1.165) is 61.0 Å². The summed E-state index contributed by atoms with van der Waals surface area (Å²) in [5, 5.41) is 2.06. The highest BCUT2D eigenvalue weighted by atomic mass is 14.9. The first-order valence-electron chi connectivity index (χ1n) is 13.1. The van der Waals surface area contributed by atoms with Gasteiger partial charge in [-0.1, -0.05) is 127 Å². The van der Waals surface area contributed by atoms with E-state index < -0.39 is 0 Å². The normalized spacial score (nSPS) is 11.2. The lowest BCUT2D eigenvalue weighted by molar-refractivity contribution is 1.23. The van der Waals surface area contributed by atoms with Crippen LogP contribution in [0.3, 0.4) is 0 Å². The first-order chi connectivity index (χ1) is 19.2. The van der Waals surface area contributed by atoms with E-state index >= 15 is 0 Å². The summed E-state index contributed by atoms with van der Waals surface area (Å²) in [7, 11) is 0. The molecule has 0 aliphatic rings. The second-order valence-corrected chi connectivity index (χ2v) is 9.77. The van der Waals surface area contributed by atoms with Gasteiger partial charge in [-0.25, -0.2) is 15.0 Å². The molecule has 2 aromatic heterocycles. The Morgan fingerprint density at radius 1 is 0.436 bits per heavy atom. The van der Waals surface area contributed by atoms with Crippen molar-refractivity contribution in [2.75, 3.05) is 0 Å². The van der Waals surface area contributed by atoms with Crippen molar-refractivity contribution in [2.24, 2.45) is 0 Å². The number of aromatic nitrogens is 3. The topological polar surface area (TPSA) is 38.7 Å². The number of benzene rings is 5. The summed E-state index contributed by atoms with van der Waals surface area (Å²) in [4.78, 5) is 15.5. The Kier molecular flexibility index (Phi) is 5.68. The summed E-state index contributed by atoms with van der Waals surface area (Å²) in [6, 6.07) is 46.1. The maximum Gasteiger partial charge on any atom is 0.160 e. The molecule has 0 aliphatic carbocycles. The molecular formula is C36H25N3. The third-order valence-electron chi connectivity index (χ3n) is 7.16. The van der Waals surface area contributed by atoms with Crippen molar-refractivity contribution in [3.8, 4) is 45.0 Å². The van der Waals surface area contributed by atoms with Crippen LogP contribution < -0.4 is 0 Å². The lowest BCUT2D eigenvalue weighted by atomic mass is 9.96. The van der Waals surface area contributed by atoms with E-state index in [0.29, 0.717) is 5.82 Å². The Morgan fingerprint density at radius 3 is 1.67 bits per heavy atom. The second kappa shape index (κ2) is 9.62. The van der Waals surface area contributed by atoms with Gasteiger partial charge in [-0.2, -0.15) is 0 Å². The van der Waals surface area contributed by atoms with Crippen LogP contribution in [0.2, 0.25) is 0 Å². The molecule has 0 fully saturated rings. The van der Waals surface area contributed by atoms with E-state index in [2.05, 4.69) is 110 Å². The fraction of sp³-hybridized carbons (Fsp3) is 0.0278. The van der Waals surface area contributed by atoms with Gasteiger partial charge in [0.15, 0.2) is 5.82 Å². The number of rotatable bonds is 4. The Bertz CT molecular complexity index is 1930. The van der Waals surface area contributed by atoms with E-state index in [-0.39, 0.29) is 0 Å². The van der Waals surface area contributed by atoms with E-state index in [1.165, 1.54) is 5.56 Å². The molecule has 0 spiro atoms. The van der Waals surface area contributed by atoms with Crippen molar-refractivity contribution in [3.05, 3.63) is 139 Å². The van der Waals surface area contributed by atoms with Gasteiger partial charge in [0.1, 0.15) is 5.52 Å². The minimum absolute atomic E-state index is 0.694. The fourth-order valence-electron chi connectivity index (χ4n) is 5.14. The van der Waals surface area contributed by atoms with Gasteiger partial charge in [-0.05, 0) is 30.2 Å². The Hall–Kier alpha value is -5.15. The Morgan fingerprint density at radius 2 is 1.00 bits per heavy atom. The fourth-order valence-corrected chi connectivity index (χ4v) is 5.14. The van der Waals surface area contributed by atoms with Crippen LogP contribution in [0, 0.1) is 6.92 Å². The molecule has 0 aliphatic heterocycles. The van der Waals surface area contributed by atoms with Gasteiger partial charge in [0.25, 0.3) is 0 Å². The molecule has 0 atom stereocenters. The molecule has 2 heterocycles. The van der Waals surface area contributed by atoms with E-state index in [1.807, 2.05) is 30.3 Å². The van der Waals surface area contributed by atoms with Gasteiger partial charge in [-0.15, -0.1) is 0 Å². The highest BCUT2D eigenvalue weighted by Gasteiger charge is 2.18. The van der Waals surface area contributed by atoms with Crippen LogP contribution >= 0.6 is 0 Å². The molecule has 7 rings (SSSR count). The van der Waals surface area contributed by atoms with E-state index in [9.17, 15) is 0 Å². The Balaban J connectivity index is 1.61. The summed E-state index contributed by atoms with van der Waals surface area (Å²) in [6.45, 7) is 2.10. The van der Waals surface area contributed by atoms with Gasteiger partial charge in [0, 0.05) is 27.5 Å². The standard InChI is InChI=1S/C36H25N3/c1-24-17-19-27(20-18-24)33-30-22-21-29-31(25-11-5-2-6-12-25)23-32(26-13-7-3-8-14-26)37-34(29)35(30)39-36(38-33)28-15-9-4-10-16-28/h2-23H,1H3. The molecule has 0 saturated carbocycles. The first-order valence-corrected chi connectivity index (χ1v) is 13.1. The van der Waals surface area contributed by atoms with E-state index in [1.54, 1.807) is 0 Å². The van der Waals surface area contributed by atoms with Crippen molar-refractivity contribution in [3.63, 3.8) is 0 Å². The van der Waals surface area contributed by atoms with Crippen LogP contribution in [0.1, 0.15) is 5.56 Å². The zero-order valence-corrected chi connectivity index (χ0v) is 21.5. The smallest absolute Gasteiger partial charge is 0.160 e. The van der Waals surface area contributed by atoms with Crippen molar-refractivity contribution in [1.29, 1.82) is 0 Å². The van der Waals surface area contributed by atoms with E-state index in [4.69, 9.17) is 15.0 Å². The maximum absolute atomic E-state index is 5.25. The van der Waals surface area contributed by atoms with Crippen molar-refractivity contribution < 1.29 is 0 Å². The van der Waals surface area contributed by atoms with Crippen molar-refractivity contribution in [1.82, 2.24) is 15.0 Å². The SMILES string of the molecule is Cc1ccc(-c2nc(-c3ccccc3)nc3c2ccc2c(-c4ccccc4)cc(-c4ccccc4)nc23)cc1. The molecule has 184 valence electrons. The lowest BCUT2D eigenvalue weighted by Gasteiger charge is -2.15. The maximum atomic E-state index is 5.25. The minimum atomic E-state index is 0.694. The number of pyridine rings is 1. The summed E-state index contributed by atoms with van der Waals surface area (Å²) in [5.74, 6) is 0.694. The summed E-state index contributed by atoms with van der Waals surface area (Å²) < 4.78 is 0. The molecule has 7 aromatic rings. The summed E-state index contributed by atoms with van der Waals surface area (Å²) in [5.41, 5.74) is 10.2. The average Bonchev–Trinajstić information content (AvgIpc) is 3.01. The highest BCUT2D eigenvalue weighted by Crippen LogP contribution is 2.38. The Labute approximate surface area is 227 Å². The molecule has 3 nitrogen and oxygen atoms in total. The minimum Gasteiger partial charge on any atom is -0.245 e. The molecule has 0 N–H and O–H groups in total. The first kappa shape index (κ1) is 23.0. The molecule has 5 aromatic carbocycles. The van der Waals surface area contributed by atoms with Crippen LogP contribution in [-0.2, 0) is 0 Å². The number of hydrogen-bond acceptors (Lipinski definition) is 3. The lowest BCUT2D eigenvalue weighted by Crippen LogP contribution is -1.98. The molecular weight excluding hydrogens is 474 g/mol. The third-order valence-corrected chi connectivity index (χ3v) is 7.16. The van der Waals surface area contributed by atoms with Gasteiger partial charge in [-0.3, -0.25) is 0 Å². The average molecular weight is 500 g/mol. The molecule has 0 radical (unpaired) electrons. The van der Waals surface area contributed by atoms with Crippen LogP contribution in [0.4, 0.5) is 0 Å². The predicted molar refractivity (Wildman–Crippen MR) is 161 cm³/mol. The predicted octanol–water partition coefficient (Wildman–Crippen LogP) is 9.15. The zero-order valence-electron chi connectivity index (χ0n) is 21.5. The molecule has 39 heavy (non-hydrogen) atoms. The second-order valence-electron chi connectivity index (χ2n) is 9.77. The van der Waals surface area contributed by atoms with Gasteiger partial charge >= 0.3 is 0 Å². The molecule has 3 heteroatoms. The number of hydrogen-bond donors (Lipinski definition) is 0. The van der Waals surface area contributed by atoms with Gasteiger partial charge in [0.2, 0.25) is 0 Å². The molecule has 0 unspecified atom stereocenters. The summed E-state index contributed by atoms with van der Waals surface area (Å²) >= 11 is 0. The number of fused-ring (bicyclic) bond motifs is 3. The summed E-state index contributed by atoms with van der Waals surface area (Å²) in [6.07, 6.45) is 0. The third kappa shape index (κ3) is 4.24. The van der Waals surface area contributed by atoms with Gasteiger partial charge < -0.3 is 0 Å². The highest BCUT2D eigenvalue weighted by molar-refractivity contribution is 6.12. The zero-order chi connectivity index (χ0) is 26.2. The van der Waals surface area contributed by atoms with Crippen LogP contribution in [-0.4, -0.2) is 15.0 Å². The van der Waals surface area contributed by atoms with Crippen molar-refractivity contribution >= 4 is 21.8 Å². The largest absolute Gasteiger partial charge is 0.245 e. The molecule has 0 bridgehead atoms. The van der Waals surface area contributed by atoms with Gasteiger partial charge in [0.05, 0.1) is 16.9 Å².